The number of hydrogen-bond donors (Lipinski definition) is 1. The lowest BCUT2D eigenvalue weighted by atomic mass is 10.1. The summed E-state index contributed by atoms with van der Waals surface area (Å²) in [6.45, 7) is 5.40. The molecule has 8 nitrogen and oxygen atoms in total. The number of ether oxygens (including phenoxy) is 1. The van der Waals surface area contributed by atoms with E-state index in [1.165, 1.54) is 4.90 Å². The smallest absolute Gasteiger partial charge is 0.344 e. The molecule has 144 valence electrons. The topological polar surface area (TPSA) is 102 Å². The Morgan fingerprint density at radius 3 is 2.52 bits per heavy atom. The van der Waals surface area contributed by atoms with Crippen LogP contribution in [0.5, 0.6) is 0 Å². The maximum atomic E-state index is 12.5. The first-order chi connectivity index (χ1) is 13.0. The second-order valence-corrected chi connectivity index (χ2v) is 5.77. The predicted molar refractivity (Wildman–Crippen MR) is 97.9 cm³/mol. The van der Waals surface area contributed by atoms with Gasteiger partial charge >= 0.3 is 5.97 Å². The maximum Gasteiger partial charge on any atom is 0.344 e. The van der Waals surface area contributed by atoms with E-state index >= 15 is 0 Å². The number of aromatic nitrogens is 1. The Bertz CT molecular complexity index is 801. The average Bonchev–Trinajstić information content (AvgIpc) is 3.06. The monoisotopic (exact) mass is 373 g/mol. The highest BCUT2D eigenvalue weighted by Gasteiger charge is 2.24. The van der Waals surface area contributed by atoms with Crippen LogP contribution in [0.4, 0.5) is 0 Å². The first-order valence-electron chi connectivity index (χ1n) is 8.71. The zero-order valence-corrected chi connectivity index (χ0v) is 15.7. The summed E-state index contributed by atoms with van der Waals surface area (Å²) in [6.07, 6.45) is 0. The highest BCUT2D eigenvalue weighted by molar-refractivity contribution is 5.98. The molecule has 0 saturated heterocycles. The van der Waals surface area contributed by atoms with Gasteiger partial charge in [-0.25, -0.2) is 4.79 Å². The molecule has 2 amide bonds. The summed E-state index contributed by atoms with van der Waals surface area (Å²) in [5.74, 6) is -1.11. The summed E-state index contributed by atoms with van der Waals surface area (Å²) in [5.41, 5.74) is 1.25. The van der Waals surface area contributed by atoms with Crippen LogP contribution in [0.15, 0.2) is 34.9 Å². The Balaban J connectivity index is 2.05. The van der Waals surface area contributed by atoms with Crippen molar-refractivity contribution < 1.29 is 23.6 Å². The van der Waals surface area contributed by atoms with E-state index in [1.807, 2.05) is 18.2 Å². The fraction of sp³-hybridized carbons (Fsp3) is 0.368. The molecule has 0 aliphatic heterocycles. The molecular formula is C19H23N3O5. The van der Waals surface area contributed by atoms with Gasteiger partial charge in [0.2, 0.25) is 5.91 Å². The fourth-order valence-corrected chi connectivity index (χ4v) is 2.50. The van der Waals surface area contributed by atoms with Crippen molar-refractivity contribution in [1.82, 2.24) is 15.4 Å². The fourth-order valence-electron chi connectivity index (χ4n) is 2.50. The second kappa shape index (κ2) is 9.51. The van der Waals surface area contributed by atoms with Gasteiger partial charge in [-0.3, -0.25) is 9.59 Å². The van der Waals surface area contributed by atoms with Crippen molar-refractivity contribution in [3.63, 3.8) is 0 Å². The third-order valence-corrected chi connectivity index (χ3v) is 3.88. The normalized spacial score (nSPS) is 10.3. The molecule has 0 spiro atoms. The van der Waals surface area contributed by atoms with Crippen molar-refractivity contribution in [3.05, 3.63) is 41.7 Å². The van der Waals surface area contributed by atoms with Gasteiger partial charge < -0.3 is 19.5 Å². The van der Waals surface area contributed by atoms with E-state index in [0.717, 1.165) is 0 Å². The van der Waals surface area contributed by atoms with Crippen molar-refractivity contribution in [2.24, 2.45) is 0 Å². The van der Waals surface area contributed by atoms with Crippen LogP contribution in [-0.4, -0.2) is 54.1 Å². The highest BCUT2D eigenvalue weighted by atomic mass is 16.5. The summed E-state index contributed by atoms with van der Waals surface area (Å²) in [6, 6.07) is 9.08. The van der Waals surface area contributed by atoms with Crippen LogP contribution in [0, 0.1) is 6.92 Å². The van der Waals surface area contributed by atoms with Crippen LogP contribution in [0.1, 0.15) is 30.0 Å². The lowest BCUT2D eigenvalue weighted by molar-refractivity contribution is -0.138. The van der Waals surface area contributed by atoms with Crippen molar-refractivity contribution in [2.75, 3.05) is 26.2 Å². The van der Waals surface area contributed by atoms with E-state index in [9.17, 15) is 14.4 Å². The Labute approximate surface area is 157 Å². The minimum Gasteiger partial charge on any atom is -0.452 e. The Morgan fingerprint density at radius 1 is 1.19 bits per heavy atom. The van der Waals surface area contributed by atoms with Crippen LogP contribution in [0.2, 0.25) is 0 Å². The number of rotatable bonds is 8. The van der Waals surface area contributed by atoms with E-state index < -0.39 is 18.5 Å². The number of carbonyl (C=O) groups is 3. The molecular weight excluding hydrogens is 350 g/mol. The number of nitrogens with one attached hydrogen (secondary N) is 1. The maximum absolute atomic E-state index is 12.5. The summed E-state index contributed by atoms with van der Waals surface area (Å²) in [7, 11) is 0. The van der Waals surface area contributed by atoms with Crippen LogP contribution >= 0.6 is 0 Å². The third-order valence-electron chi connectivity index (χ3n) is 3.88. The van der Waals surface area contributed by atoms with E-state index in [2.05, 4.69) is 10.5 Å². The molecule has 0 fully saturated rings. The summed E-state index contributed by atoms with van der Waals surface area (Å²) in [4.78, 5) is 37.7. The molecule has 2 aromatic rings. The standard InChI is InChI=1S/C19H23N3O5/c1-4-20-15(23)11-22(5-2)16(24)12-26-19(25)17-13(3)27-21-18(17)14-9-7-6-8-10-14/h6-10H,4-5,11-12H2,1-3H3,(H,20,23). The third kappa shape index (κ3) is 5.16. The quantitative estimate of drug-likeness (QED) is 0.708. The molecule has 0 aliphatic carbocycles. The number of likely N-dealkylation sites (N-methyl/N-ethyl adjacent to an activating group) is 2. The number of hydrogen-bond acceptors (Lipinski definition) is 6. The van der Waals surface area contributed by atoms with Gasteiger partial charge in [0.05, 0.1) is 6.54 Å². The molecule has 0 atom stereocenters. The van der Waals surface area contributed by atoms with Crippen molar-refractivity contribution in [3.8, 4) is 11.3 Å². The lowest BCUT2D eigenvalue weighted by Crippen LogP contribution is -2.42. The number of benzene rings is 1. The molecule has 1 N–H and O–H groups in total. The summed E-state index contributed by atoms with van der Waals surface area (Å²) in [5, 5.41) is 6.55. The number of nitrogens with zero attached hydrogens (tertiary/aromatic N) is 2. The molecule has 1 aromatic heterocycles. The van der Waals surface area contributed by atoms with Gasteiger partial charge in [-0.15, -0.1) is 0 Å². The van der Waals surface area contributed by atoms with Gasteiger partial charge in [-0.05, 0) is 20.8 Å². The molecule has 0 unspecified atom stereocenters. The van der Waals surface area contributed by atoms with E-state index in [4.69, 9.17) is 9.26 Å². The summed E-state index contributed by atoms with van der Waals surface area (Å²) >= 11 is 0. The molecule has 0 saturated carbocycles. The lowest BCUT2D eigenvalue weighted by Gasteiger charge is -2.20. The van der Waals surface area contributed by atoms with Crippen molar-refractivity contribution in [1.29, 1.82) is 0 Å². The molecule has 0 radical (unpaired) electrons. The van der Waals surface area contributed by atoms with Gasteiger partial charge in [-0.2, -0.15) is 0 Å². The first-order valence-corrected chi connectivity index (χ1v) is 8.71. The number of esters is 1. The number of aryl methyl sites for hydroxylation is 1. The minimum absolute atomic E-state index is 0.0811. The highest BCUT2D eigenvalue weighted by Crippen LogP contribution is 2.25. The first kappa shape index (κ1) is 20.2. The van der Waals surface area contributed by atoms with Crippen molar-refractivity contribution in [2.45, 2.75) is 20.8 Å². The Morgan fingerprint density at radius 2 is 1.89 bits per heavy atom. The van der Waals surface area contributed by atoms with E-state index in [-0.39, 0.29) is 18.0 Å². The molecule has 2 rings (SSSR count). The molecule has 1 heterocycles. The van der Waals surface area contributed by atoms with Gasteiger partial charge in [-0.1, -0.05) is 35.5 Å². The zero-order valence-electron chi connectivity index (χ0n) is 15.7. The van der Waals surface area contributed by atoms with Gasteiger partial charge in [0.1, 0.15) is 17.0 Å². The van der Waals surface area contributed by atoms with Crippen molar-refractivity contribution >= 4 is 17.8 Å². The summed E-state index contributed by atoms with van der Waals surface area (Å²) < 4.78 is 10.3. The minimum atomic E-state index is -0.699. The van der Waals surface area contributed by atoms with Gasteiger partial charge in [0, 0.05) is 18.7 Å². The zero-order chi connectivity index (χ0) is 19.8. The van der Waals surface area contributed by atoms with Crippen LogP contribution < -0.4 is 5.32 Å². The number of amides is 2. The van der Waals surface area contributed by atoms with Gasteiger partial charge in [0.15, 0.2) is 6.61 Å². The van der Waals surface area contributed by atoms with E-state index in [0.29, 0.717) is 30.1 Å². The SMILES string of the molecule is CCNC(=O)CN(CC)C(=O)COC(=O)c1c(-c2ccccc2)noc1C. The average molecular weight is 373 g/mol. The molecule has 27 heavy (non-hydrogen) atoms. The van der Waals surface area contributed by atoms with Crippen LogP contribution in [0.3, 0.4) is 0 Å². The van der Waals surface area contributed by atoms with Gasteiger partial charge in [0.25, 0.3) is 5.91 Å². The second-order valence-electron chi connectivity index (χ2n) is 5.77. The Hall–Kier alpha value is -3.16. The molecule has 1 aromatic carbocycles. The number of carbonyl (C=O) groups excluding carboxylic acids is 3. The Kier molecular flexibility index (Phi) is 7.10. The van der Waals surface area contributed by atoms with Crippen LogP contribution in [-0.2, 0) is 14.3 Å². The predicted octanol–water partition coefficient (Wildman–Crippen LogP) is 1.79. The molecule has 0 bridgehead atoms. The molecule has 0 aliphatic rings. The molecule has 8 heteroatoms. The van der Waals surface area contributed by atoms with E-state index in [1.54, 1.807) is 32.9 Å². The van der Waals surface area contributed by atoms with Crippen LogP contribution in [0.25, 0.3) is 11.3 Å². The largest absolute Gasteiger partial charge is 0.452 e.